The van der Waals surface area contributed by atoms with Crippen LogP contribution in [0.3, 0.4) is 0 Å². The molecule has 0 bridgehead atoms. The molecule has 0 aliphatic carbocycles. The molecular weight excluding hydrogens is 678 g/mol. The third-order valence-electron chi connectivity index (χ3n) is 7.32. The van der Waals surface area contributed by atoms with Crippen LogP contribution < -0.4 is 14.4 Å². The number of amides is 2. The summed E-state index contributed by atoms with van der Waals surface area (Å²) in [6.45, 7) is 9.49. The first-order valence-corrected chi connectivity index (χ1v) is 17.7. The van der Waals surface area contributed by atoms with E-state index < -0.39 is 34.1 Å². The lowest BCUT2D eigenvalue weighted by molar-refractivity contribution is -0.140. The summed E-state index contributed by atoms with van der Waals surface area (Å²) in [6, 6.07) is 29.1. The van der Waals surface area contributed by atoms with Gasteiger partial charge in [-0.1, -0.05) is 76.1 Å². The van der Waals surface area contributed by atoms with Gasteiger partial charge in [-0.05, 0) is 94.3 Å². The lowest BCUT2D eigenvalue weighted by Gasteiger charge is -2.35. The molecule has 1 N–H and O–H groups in total. The van der Waals surface area contributed by atoms with Crippen molar-refractivity contribution in [2.24, 2.45) is 0 Å². The number of carbonyl (C=O) groups excluding carboxylic acids is 2. The van der Waals surface area contributed by atoms with E-state index in [1.54, 1.807) is 36.4 Å². The van der Waals surface area contributed by atoms with E-state index >= 15 is 0 Å². The summed E-state index contributed by atoms with van der Waals surface area (Å²) < 4.78 is 35.9. The van der Waals surface area contributed by atoms with Crippen molar-refractivity contribution in [3.8, 4) is 5.75 Å². The molecule has 0 heterocycles. The topological polar surface area (TPSA) is 96.0 Å². The Bertz CT molecular complexity index is 1760. The number of anilines is 1. The summed E-state index contributed by atoms with van der Waals surface area (Å²) in [6.07, 6.45) is 0.239. The van der Waals surface area contributed by atoms with Crippen LogP contribution in [0.15, 0.2) is 112 Å². The second kappa shape index (κ2) is 15.6. The van der Waals surface area contributed by atoms with Gasteiger partial charge in [0, 0.05) is 23.0 Å². The van der Waals surface area contributed by atoms with E-state index in [9.17, 15) is 18.0 Å². The summed E-state index contributed by atoms with van der Waals surface area (Å²) in [5, 5.41) is 3.05. The van der Waals surface area contributed by atoms with Crippen LogP contribution in [-0.4, -0.2) is 49.9 Å². The SMILES string of the molecule is CCOc1ccc(N(CC(=O)N(Cc2cccc(C)c2)C(Cc2ccccc2)C(=O)NC(C)(C)C)S(=O)(=O)c2ccc(Br)cc2)cc1. The van der Waals surface area contributed by atoms with Crippen molar-refractivity contribution in [1.29, 1.82) is 0 Å². The highest BCUT2D eigenvalue weighted by Crippen LogP contribution is 2.28. The van der Waals surface area contributed by atoms with Crippen LogP contribution in [0.5, 0.6) is 5.75 Å². The zero-order valence-electron chi connectivity index (χ0n) is 27.4. The van der Waals surface area contributed by atoms with E-state index in [0.29, 0.717) is 18.0 Å². The smallest absolute Gasteiger partial charge is 0.264 e. The second-order valence-electron chi connectivity index (χ2n) is 12.3. The van der Waals surface area contributed by atoms with Gasteiger partial charge in [-0.2, -0.15) is 0 Å². The average molecular weight is 721 g/mol. The Labute approximate surface area is 286 Å². The fourth-order valence-corrected chi connectivity index (χ4v) is 6.83. The van der Waals surface area contributed by atoms with Crippen LogP contribution in [0.1, 0.15) is 44.4 Å². The van der Waals surface area contributed by atoms with Crippen molar-refractivity contribution in [3.05, 3.63) is 124 Å². The van der Waals surface area contributed by atoms with Crippen molar-refractivity contribution in [2.75, 3.05) is 17.5 Å². The van der Waals surface area contributed by atoms with E-state index in [-0.39, 0.29) is 23.8 Å². The van der Waals surface area contributed by atoms with E-state index in [1.165, 1.54) is 17.0 Å². The fourth-order valence-electron chi connectivity index (χ4n) is 5.15. The molecule has 0 aromatic heterocycles. The van der Waals surface area contributed by atoms with E-state index in [2.05, 4.69) is 21.2 Å². The van der Waals surface area contributed by atoms with Crippen molar-refractivity contribution in [1.82, 2.24) is 10.2 Å². The Morgan fingerprint density at radius 3 is 2.11 bits per heavy atom. The molecule has 4 aromatic carbocycles. The second-order valence-corrected chi connectivity index (χ2v) is 15.1. The Morgan fingerprint density at radius 1 is 0.872 bits per heavy atom. The summed E-state index contributed by atoms with van der Waals surface area (Å²) >= 11 is 3.37. The standard InChI is InChI=1S/C37H42BrN3O5S/c1-6-46-32-19-17-31(18-20-32)41(47(44,45)33-21-15-30(38)16-22-33)26-35(42)40(25-29-14-10-11-27(2)23-29)34(36(43)39-37(3,4)5)24-28-12-8-7-9-13-28/h7-23,34H,6,24-26H2,1-5H3,(H,39,43). The summed E-state index contributed by atoms with van der Waals surface area (Å²) in [7, 11) is -4.21. The lowest BCUT2D eigenvalue weighted by atomic mass is 10.0. The zero-order chi connectivity index (χ0) is 34.2. The fraction of sp³-hybridized carbons (Fsp3) is 0.297. The third kappa shape index (κ3) is 9.92. The first-order valence-electron chi connectivity index (χ1n) is 15.5. The summed E-state index contributed by atoms with van der Waals surface area (Å²) in [5.74, 6) is -0.275. The van der Waals surface area contributed by atoms with Crippen molar-refractivity contribution >= 4 is 43.5 Å². The van der Waals surface area contributed by atoms with Gasteiger partial charge >= 0.3 is 0 Å². The van der Waals surface area contributed by atoms with Gasteiger partial charge in [0.05, 0.1) is 17.2 Å². The number of nitrogens with one attached hydrogen (secondary N) is 1. The summed E-state index contributed by atoms with van der Waals surface area (Å²) in [5.41, 5.74) is 2.42. The molecule has 0 radical (unpaired) electrons. The first-order chi connectivity index (χ1) is 22.3. The number of hydrogen-bond acceptors (Lipinski definition) is 5. The molecule has 8 nitrogen and oxygen atoms in total. The largest absolute Gasteiger partial charge is 0.494 e. The number of ether oxygens (including phenoxy) is 1. The highest BCUT2D eigenvalue weighted by Gasteiger charge is 2.35. The zero-order valence-corrected chi connectivity index (χ0v) is 29.8. The molecule has 0 saturated carbocycles. The Balaban J connectivity index is 1.82. The number of halogens is 1. The van der Waals surface area contributed by atoms with Crippen LogP contribution in [0.25, 0.3) is 0 Å². The predicted octanol–water partition coefficient (Wildman–Crippen LogP) is 6.91. The minimum absolute atomic E-state index is 0.0268. The lowest BCUT2D eigenvalue weighted by Crippen LogP contribution is -2.56. The van der Waals surface area contributed by atoms with E-state index in [4.69, 9.17) is 4.74 Å². The number of carbonyl (C=O) groups is 2. The van der Waals surface area contributed by atoms with E-state index in [0.717, 1.165) is 25.5 Å². The van der Waals surface area contributed by atoms with Gasteiger partial charge in [0.15, 0.2) is 0 Å². The van der Waals surface area contributed by atoms with Crippen LogP contribution in [0, 0.1) is 6.92 Å². The maximum absolute atomic E-state index is 14.6. The van der Waals surface area contributed by atoms with Gasteiger partial charge in [0.25, 0.3) is 10.0 Å². The van der Waals surface area contributed by atoms with Crippen molar-refractivity contribution in [3.63, 3.8) is 0 Å². The molecule has 0 aliphatic heterocycles. The number of hydrogen-bond donors (Lipinski definition) is 1. The maximum Gasteiger partial charge on any atom is 0.264 e. The molecule has 4 rings (SSSR count). The minimum Gasteiger partial charge on any atom is -0.494 e. The number of rotatable bonds is 13. The third-order valence-corrected chi connectivity index (χ3v) is 9.64. The number of aryl methyl sites for hydroxylation is 1. The maximum atomic E-state index is 14.6. The number of sulfonamides is 1. The number of nitrogens with zero attached hydrogens (tertiary/aromatic N) is 2. The Morgan fingerprint density at radius 2 is 1.51 bits per heavy atom. The quantitative estimate of drug-likeness (QED) is 0.162. The van der Waals surface area contributed by atoms with Crippen molar-refractivity contribution < 1.29 is 22.7 Å². The van der Waals surface area contributed by atoms with Crippen molar-refractivity contribution in [2.45, 2.75) is 64.1 Å². The van der Waals surface area contributed by atoms with Gasteiger partial charge in [-0.3, -0.25) is 13.9 Å². The predicted molar refractivity (Wildman–Crippen MR) is 190 cm³/mol. The highest BCUT2D eigenvalue weighted by molar-refractivity contribution is 9.10. The molecule has 0 spiro atoms. The summed E-state index contributed by atoms with van der Waals surface area (Å²) in [4.78, 5) is 30.2. The van der Waals surface area contributed by atoms with Gasteiger partial charge in [-0.15, -0.1) is 0 Å². The normalized spacial score (nSPS) is 12.2. The monoisotopic (exact) mass is 719 g/mol. The molecule has 0 aliphatic rings. The molecule has 0 saturated heterocycles. The van der Waals surface area contributed by atoms with Gasteiger partial charge in [0.2, 0.25) is 11.8 Å². The molecular formula is C37H42BrN3O5S. The van der Waals surface area contributed by atoms with E-state index in [1.807, 2.05) is 89.2 Å². The minimum atomic E-state index is -4.21. The van der Waals surface area contributed by atoms with Gasteiger partial charge in [0.1, 0.15) is 18.3 Å². The highest BCUT2D eigenvalue weighted by atomic mass is 79.9. The molecule has 1 atom stereocenters. The molecule has 248 valence electrons. The molecule has 1 unspecified atom stereocenters. The molecule has 0 fully saturated rings. The number of benzene rings is 4. The molecule has 47 heavy (non-hydrogen) atoms. The molecule has 2 amide bonds. The van der Waals surface area contributed by atoms with Crippen LogP contribution in [0.4, 0.5) is 5.69 Å². The van der Waals surface area contributed by atoms with Crippen LogP contribution in [0.2, 0.25) is 0 Å². The van der Waals surface area contributed by atoms with Gasteiger partial charge < -0.3 is 15.0 Å². The van der Waals surface area contributed by atoms with Crippen LogP contribution >= 0.6 is 15.9 Å². The average Bonchev–Trinajstić information content (AvgIpc) is 3.02. The Hall–Kier alpha value is -4.15. The molecule has 4 aromatic rings. The van der Waals surface area contributed by atoms with Crippen LogP contribution in [-0.2, 0) is 32.6 Å². The Kier molecular flexibility index (Phi) is 11.9. The van der Waals surface area contributed by atoms with Gasteiger partial charge in [-0.25, -0.2) is 8.42 Å². The first kappa shape index (κ1) is 35.7. The molecule has 10 heteroatoms.